The second kappa shape index (κ2) is 8.54. The fourth-order valence-corrected chi connectivity index (χ4v) is 3.52. The number of hydrogen-bond acceptors (Lipinski definition) is 7. The van der Waals surface area contributed by atoms with Gasteiger partial charge in [0.25, 0.3) is 11.1 Å². The molecule has 3 rings (SSSR count). The number of anilines is 1. The molecule has 8 nitrogen and oxygen atoms in total. The molecule has 0 unspecified atom stereocenters. The van der Waals surface area contributed by atoms with E-state index in [-0.39, 0.29) is 21.2 Å². The van der Waals surface area contributed by atoms with Crippen LogP contribution in [0.3, 0.4) is 0 Å². The van der Waals surface area contributed by atoms with Gasteiger partial charge in [0, 0.05) is 11.8 Å². The number of nitrogens with zero attached hydrogens (tertiary/aromatic N) is 1. The van der Waals surface area contributed by atoms with Crippen molar-refractivity contribution in [3.05, 3.63) is 57.3 Å². The molecule has 1 fully saturated rings. The number of ether oxygens (including phenoxy) is 1. The number of amides is 3. The van der Waals surface area contributed by atoms with Gasteiger partial charge in [-0.15, -0.1) is 0 Å². The lowest BCUT2D eigenvalue weighted by Crippen LogP contribution is -2.36. The van der Waals surface area contributed by atoms with Gasteiger partial charge >= 0.3 is 5.97 Å². The lowest BCUT2D eigenvalue weighted by atomic mass is 10.2. The molecule has 3 amide bonds. The van der Waals surface area contributed by atoms with Crippen molar-refractivity contribution in [1.82, 2.24) is 4.90 Å². The molecule has 0 radical (unpaired) electrons. The number of benzene rings is 1. The van der Waals surface area contributed by atoms with Gasteiger partial charge in [0.15, 0.2) is 0 Å². The summed E-state index contributed by atoms with van der Waals surface area (Å²) in [5, 5.41) is 2.13. The maximum absolute atomic E-state index is 12.5. The van der Waals surface area contributed by atoms with E-state index in [1.54, 1.807) is 19.1 Å². The van der Waals surface area contributed by atoms with Crippen LogP contribution in [-0.4, -0.2) is 41.6 Å². The smallest absolute Gasteiger partial charge is 0.339 e. The molecule has 2 heterocycles. The lowest BCUT2D eigenvalue weighted by molar-refractivity contribution is -0.127. The van der Waals surface area contributed by atoms with E-state index in [0.717, 1.165) is 16.7 Å². The Balaban J connectivity index is 1.69. The monoisotopic (exact) mass is 434 g/mol. The lowest BCUT2D eigenvalue weighted by Gasteiger charge is -2.13. The summed E-state index contributed by atoms with van der Waals surface area (Å²) in [7, 11) is 1.21. The molecule has 1 aromatic carbocycles. The Labute approximate surface area is 174 Å². The minimum absolute atomic E-state index is 0.0785. The number of furan rings is 1. The summed E-state index contributed by atoms with van der Waals surface area (Å²) >= 11 is 6.66. The van der Waals surface area contributed by atoms with Crippen LogP contribution in [0.5, 0.6) is 0 Å². The number of nitrogens with one attached hydrogen (secondary N) is 1. The zero-order chi connectivity index (χ0) is 21.1. The van der Waals surface area contributed by atoms with Crippen molar-refractivity contribution in [1.29, 1.82) is 0 Å². The van der Waals surface area contributed by atoms with Crippen LogP contribution in [0.2, 0.25) is 5.02 Å². The van der Waals surface area contributed by atoms with Crippen molar-refractivity contribution in [2.24, 2.45) is 0 Å². The number of hydrogen-bond donors (Lipinski definition) is 1. The summed E-state index contributed by atoms with van der Waals surface area (Å²) in [4.78, 5) is 49.6. The van der Waals surface area contributed by atoms with Gasteiger partial charge in [0.2, 0.25) is 5.91 Å². The van der Waals surface area contributed by atoms with Crippen LogP contribution in [0.25, 0.3) is 6.08 Å². The fraction of sp³-hybridized carbons (Fsp3) is 0.158. The van der Waals surface area contributed by atoms with Gasteiger partial charge in [0.05, 0.1) is 22.6 Å². The number of carbonyl (C=O) groups excluding carboxylic acids is 4. The second-order valence-corrected chi connectivity index (χ2v) is 7.35. The maximum atomic E-state index is 12.5. The Morgan fingerprint density at radius 1 is 1.28 bits per heavy atom. The first-order chi connectivity index (χ1) is 13.8. The first-order valence-corrected chi connectivity index (χ1v) is 9.47. The molecule has 0 atom stereocenters. The highest BCUT2D eigenvalue weighted by atomic mass is 35.5. The largest absolute Gasteiger partial charge is 0.465 e. The highest BCUT2D eigenvalue weighted by Crippen LogP contribution is 2.32. The highest BCUT2D eigenvalue weighted by molar-refractivity contribution is 8.18. The number of thioether (sulfide) groups is 1. The fourth-order valence-electron chi connectivity index (χ4n) is 2.51. The van der Waals surface area contributed by atoms with E-state index >= 15 is 0 Å². The average molecular weight is 435 g/mol. The number of methoxy groups -OCH3 is 1. The third kappa shape index (κ3) is 4.69. The normalized spacial score (nSPS) is 15.1. The van der Waals surface area contributed by atoms with Gasteiger partial charge in [0.1, 0.15) is 18.1 Å². The van der Waals surface area contributed by atoms with E-state index in [2.05, 4.69) is 10.1 Å². The summed E-state index contributed by atoms with van der Waals surface area (Å²) < 4.78 is 10.00. The van der Waals surface area contributed by atoms with Gasteiger partial charge in [-0.2, -0.15) is 0 Å². The molecule has 0 bridgehead atoms. The maximum Gasteiger partial charge on any atom is 0.339 e. The van der Waals surface area contributed by atoms with Crippen molar-refractivity contribution >= 4 is 58.1 Å². The molecule has 10 heteroatoms. The quantitative estimate of drug-likeness (QED) is 0.564. The Kier molecular flexibility index (Phi) is 6.09. The molecule has 0 aliphatic carbocycles. The number of imide groups is 1. The van der Waals surface area contributed by atoms with Crippen LogP contribution in [0.15, 0.2) is 39.7 Å². The van der Waals surface area contributed by atoms with Crippen molar-refractivity contribution in [3.63, 3.8) is 0 Å². The molecule has 1 aliphatic rings. The van der Waals surface area contributed by atoms with Gasteiger partial charge in [-0.3, -0.25) is 19.3 Å². The highest BCUT2D eigenvalue weighted by Gasteiger charge is 2.36. The zero-order valence-corrected chi connectivity index (χ0v) is 16.9. The summed E-state index contributed by atoms with van der Waals surface area (Å²) in [6.07, 6.45) is 1.46. The Hall–Kier alpha value is -3.04. The summed E-state index contributed by atoms with van der Waals surface area (Å²) in [6, 6.07) is 7.67. The topological polar surface area (TPSA) is 106 Å². The molecule has 0 spiro atoms. The summed E-state index contributed by atoms with van der Waals surface area (Å²) in [5.74, 6) is -0.746. The molecule has 1 N–H and O–H groups in total. The van der Waals surface area contributed by atoms with Crippen molar-refractivity contribution in [2.75, 3.05) is 19.0 Å². The first kappa shape index (κ1) is 20.7. The number of rotatable bonds is 5. The molecular weight excluding hydrogens is 420 g/mol. The van der Waals surface area contributed by atoms with E-state index in [9.17, 15) is 19.2 Å². The van der Waals surface area contributed by atoms with Crippen molar-refractivity contribution in [2.45, 2.75) is 6.92 Å². The minimum atomic E-state index is -0.657. The van der Waals surface area contributed by atoms with Crippen LogP contribution in [-0.2, 0) is 14.3 Å². The Morgan fingerprint density at radius 3 is 2.69 bits per heavy atom. The summed E-state index contributed by atoms with van der Waals surface area (Å²) in [5.41, 5.74) is 0.350. The third-order valence-corrected chi connectivity index (χ3v) is 5.10. The predicted octanol–water partition coefficient (Wildman–Crippen LogP) is 3.70. The standard InChI is InChI=1S/C19H15ClN2O6S/c1-10-3-5-12(28-10)8-15-17(24)22(19(26)29-15)9-16(23)21-11-4-6-14(20)13(7-11)18(25)27-2/h3-8H,9H2,1-2H3,(H,21,23). The number of halogens is 1. The average Bonchev–Trinajstić information content (AvgIpc) is 3.20. The molecule has 1 aliphatic heterocycles. The number of carbonyl (C=O) groups is 4. The van der Waals surface area contributed by atoms with Crippen LogP contribution in [0.1, 0.15) is 21.9 Å². The minimum Gasteiger partial charge on any atom is -0.465 e. The number of esters is 1. The molecule has 29 heavy (non-hydrogen) atoms. The van der Waals surface area contributed by atoms with E-state index < -0.39 is 29.6 Å². The summed E-state index contributed by atoms with van der Waals surface area (Å²) in [6.45, 7) is 1.28. The molecule has 0 saturated carbocycles. The van der Waals surface area contributed by atoms with E-state index in [4.69, 9.17) is 16.0 Å². The van der Waals surface area contributed by atoms with E-state index in [1.165, 1.54) is 31.4 Å². The first-order valence-electron chi connectivity index (χ1n) is 8.28. The van der Waals surface area contributed by atoms with Crippen LogP contribution in [0.4, 0.5) is 10.5 Å². The molecule has 1 saturated heterocycles. The predicted molar refractivity (Wildman–Crippen MR) is 108 cm³/mol. The van der Waals surface area contributed by atoms with Crippen LogP contribution >= 0.6 is 23.4 Å². The second-order valence-electron chi connectivity index (χ2n) is 5.95. The zero-order valence-electron chi connectivity index (χ0n) is 15.4. The third-order valence-electron chi connectivity index (χ3n) is 3.87. The van der Waals surface area contributed by atoms with Gasteiger partial charge in [-0.1, -0.05) is 11.6 Å². The van der Waals surface area contributed by atoms with Crippen molar-refractivity contribution in [3.8, 4) is 0 Å². The van der Waals surface area contributed by atoms with Crippen LogP contribution < -0.4 is 5.32 Å². The number of aryl methyl sites for hydroxylation is 1. The van der Waals surface area contributed by atoms with Gasteiger partial charge < -0.3 is 14.5 Å². The Bertz CT molecular complexity index is 1050. The van der Waals surface area contributed by atoms with E-state index in [0.29, 0.717) is 11.5 Å². The molecule has 2 aromatic rings. The SMILES string of the molecule is COC(=O)c1cc(NC(=O)CN2C(=O)SC(=Cc3ccc(C)o3)C2=O)ccc1Cl. The molecule has 1 aromatic heterocycles. The van der Waals surface area contributed by atoms with E-state index in [1.807, 2.05) is 0 Å². The van der Waals surface area contributed by atoms with Gasteiger partial charge in [-0.05, 0) is 49.0 Å². The molecule has 150 valence electrons. The molecular formula is C19H15ClN2O6S. The van der Waals surface area contributed by atoms with Crippen LogP contribution in [0, 0.1) is 6.92 Å². The Morgan fingerprint density at radius 2 is 2.03 bits per heavy atom. The van der Waals surface area contributed by atoms with Gasteiger partial charge in [-0.25, -0.2) is 4.79 Å². The van der Waals surface area contributed by atoms with Crippen molar-refractivity contribution < 1.29 is 28.3 Å².